The van der Waals surface area contributed by atoms with Gasteiger partial charge in [-0.2, -0.15) is 0 Å². The molecule has 4 aromatic heterocycles. The molecular weight excluding hydrogens is 500 g/mol. The summed E-state index contributed by atoms with van der Waals surface area (Å²) in [6.07, 6.45) is 3.96. The first kappa shape index (κ1) is 24.8. The lowest BCUT2D eigenvalue weighted by molar-refractivity contribution is -0.645. The minimum atomic E-state index is -0.333. The second-order valence-electron chi connectivity index (χ2n) is 9.51. The maximum atomic E-state index is 13.0. The molecule has 4 heterocycles. The summed E-state index contributed by atoms with van der Waals surface area (Å²) in [6.45, 7) is 0. The van der Waals surface area contributed by atoms with Gasteiger partial charge in [0.1, 0.15) is 25.5 Å². The Kier molecular flexibility index (Phi) is 6.41. The quantitative estimate of drug-likeness (QED) is 0.321. The number of nitrogens with one attached hydrogen (secondary N) is 2. The number of carbonyl (C=O) groups is 2. The number of carbonyl (C=O) groups excluding carboxylic acids is 2. The van der Waals surface area contributed by atoms with Crippen molar-refractivity contribution < 1.29 is 18.7 Å². The van der Waals surface area contributed by atoms with E-state index in [0.29, 0.717) is 22.8 Å². The molecule has 40 heavy (non-hydrogen) atoms. The van der Waals surface area contributed by atoms with E-state index in [0.717, 1.165) is 21.8 Å². The van der Waals surface area contributed by atoms with E-state index in [2.05, 4.69) is 20.6 Å². The molecule has 0 aliphatic rings. The Labute approximate surface area is 230 Å². The summed E-state index contributed by atoms with van der Waals surface area (Å²) in [7, 11) is 3.96. The molecule has 6 aromatic rings. The molecule has 2 aromatic carbocycles. The molecule has 0 aliphatic heterocycles. The normalized spacial score (nSPS) is 10.9. The molecule has 8 heteroatoms. The van der Waals surface area contributed by atoms with Gasteiger partial charge in [0.25, 0.3) is 11.8 Å². The number of pyridine rings is 4. The van der Waals surface area contributed by atoms with Crippen molar-refractivity contribution in [1.29, 1.82) is 0 Å². The number of aromatic nitrogens is 4. The molecule has 6 rings (SSSR count). The zero-order chi connectivity index (χ0) is 27.6. The SMILES string of the molecule is C[n+]1cccc2cc(NC(=O)c3cccc(-c4cccc(C(=O)Nc5ccc6c(ccc[n+]6C)c5)n4)n3)ccc21. The van der Waals surface area contributed by atoms with Crippen LogP contribution in [0.1, 0.15) is 21.0 Å². The van der Waals surface area contributed by atoms with Gasteiger partial charge in [-0.1, -0.05) is 12.1 Å². The number of anilines is 2. The molecule has 0 unspecified atom stereocenters. The third-order valence-electron chi connectivity index (χ3n) is 6.73. The van der Waals surface area contributed by atoms with E-state index >= 15 is 0 Å². The minimum Gasteiger partial charge on any atom is -0.321 e. The van der Waals surface area contributed by atoms with Crippen LogP contribution in [0.5, 0.6) is 0 Å². The molecule has 0 spiro atoms. The van der Waals surface area contributed by atoms with Gasteiger partial charge in [0.2, 0.25) is 11.0 Å². The molecule has 0 bridgehead atoms. The predicted molar refractivity (Wildman–Crippen MR) is 154 cm³/mol. The maximum Gasteiger partial charge on any atom is 0.274 e. The molecule has 0 atom stereocenters. The van der Waals surface area contributed by atoms with Gasteiger partial charge >= 0.3 is 0 Å². The molecule has 0 radical (unpaired) electrons. The summed E-state index contributed by atoms with van der Waals surface area (Å²) < 4.78 is 4.05. The average Bonchev–Trinajstić information content (AvgIpc) is 2.97. The summed E-state index contributed by atoms with van der Waals surface area (Å²) in [4.78, 5) is 35.1. The molecule has 0 aliphatic carbocycles. The molecular formula is C32H26N6O2+2. The molecule has 2 amide bonds. The fourth-order valence-corrected chi connectivity index (χ4v) is 4.68. The third kappa shape index (κ3) is 4.98. The standard InChI is InChI=1S/C32H24N6O2/c1-37-17-5-7-21-19-23(13-15-29(21)37)33-31(39)27-11-3-9-25(35-27)26-10-4-12-28(36-26)32(40)34-24-14-16-30-22(20-24)8-6-18-38(30)2/h3-20H,1-2H3/p+2. The third-order valence-corrected chi connectivity index (χ3v) is 6.73. The van der Waals surface area contributed by atoms with Gasteiger partial charge in [0, 0.05) is 46.4 Å². The van der Waals surface area contributed by atoms with E-state index in [1.54, 1.807) is 36.4 Å². The van der Waals surface area contributed by atoms with Crippen LogP contribution in [-0.2, 0) is 14.1 Å². The highest BCUT2D eigenvalue weighted by Gasteiger charge is 2.14. The van der Waals surface area contributed by atoms with Crippen LogP contribution in [0.2, 0.25) is 0 Å². The number of hydrogen-bond donors (Lipinski definition) is 2. The van der Waals surface area contributed by atoms with Crippen LogP contribution >= 0.6 is 0 Å². The highest BCUT2D eigenvalue weighted by Crippen LogP contribution is 2.20. The van der Waals surface area contributed by atoms with Crippen molar-refractivity contribution in [3.63, 3.8) is 0 Å². The number of fused-ring (bicyclic) bond motifs is 2. The van der Waals surface area contributed by atoms with Crippen LogP contribution in [0.4, 0.5) is 11.4 Å². The number of aryl methyl sites for hydroxylation is 2. The van der Waals surface area contributed by atoms with Crippen molar-refractivity contribution in [3.05, 3.63) is 121 Å². The lowest BCUT2D eigenvalue weighted by Crippen LogP contribution is -2.27. The fraction of sp³-hybridized carbons (Fsp3) is 0.0625. The Morgan fingerprint density at radius 3 is 1.48 bits per heavy atom. The van der Waals surface area contributed by atoms with Crippen molar-refractivity contribution in [2.24, 2.45) is 14.1 Å². The van der Waals surface area contributed by atoms with Crippen molar-refractivity contribution >= 4 is 45.0 Å². The van der Waals surface area contributed by atoms with Crippen LogP contribution in [0.15, 0.2) is 109 Å². The average molecular weight is 527 g/mol. The molecule has 194 valence electrons. The second-order valence-corrected chi connectivity index (χ2v) is 9.51. The number of rotatable bonds is 5. The first-order chi connectivity index (χ1) is 19.4. The van der Waals surface area contributed by atoms with Crippen LogP contribution in [-0.4, -0.2) is 21.8 Å². The maximum absolute atomic E-state index is 13.0. The van der Waals surface area contributed by atoms with Crippen LogP contribution < -0.4 is 19.8 Å². The van der Waals surface area contributed by atoms with Crippen molar-refractivity contribution in [2.75, 3.05) is 10.6 Å². The topological polar surface area (TPSA) is 91.7 Å². The van der Waals surface area contributed by atoms with E-state index < -0.39 is 0 Å². The lowest BCUT2D eigenvalue weighted by atomic mass is 10.1. The van der Waals surface area contributed by atoms with Gasteiger partial charge < -0.3 is 10.6 Å². The van der Waals surface area contributed by atoms with Crippen LogP contribution in [0, 0.1) is 0 Å². The van der Waals surface area contributed by atoms with Crippen LogP contribution in [0.25, 0.3) is 33.2 Å². The van der Waals surface area contributed by atoms with Gasteiger partial charge in [0.15, 0.2) is 12.4 Å². The monoisotopic (exact) mass is 526 g/mol. The molecule has 0 saturated carbocycles. The van der Waals surface area contributed by atoms with E-state index in [-0.39, 0.29) is 23.2 Å². The Hall–Kier alpha value is -5.50. The molecule has 8 nitrogen and oxygen atoms in total. The van der Waals surface area contributed by atoms with Crippen LogP contribution in [0.3, 0.4) is 0 Å². The number of nitrogens with zero attached hydrogens (tertiary/aromatic N) is 4. The van der Waals surface area contributed by atoms with Gasteiger partial charge in [-0.05, 0) is 60.7 Å². The molecule has 0 fully saturated rings. The summed E-state index contributed by atoms with van der Waals surface area (Å²) in [5.41, 5.74) is 4.95. The predicted octanol–water partition coefficient (Wildman–Crippen LogP) is 4.60. The van der Waals surface area contributed by atoms with Crippen molar-refractivity contribution in [3.8, 4) is 11.4 Å². The van der Waals surface area contributed by atoms with Gasteiger partial charge in [-0.3, -0.25) is 9.59 Å². The molecule has 2 N–H and O–H groups in total. The number of benzene rings is 2. The van der Waals surface area contributed by atoms with E-state index in [4.69, 9.17) is 0 Å². The highest BCUT2D eigenvalue weighted by atomic mass is 16.2. The molecule has 0 saturated heterocycles. The summed E-state index contributed by atoms with van der Waals surface area (Å²) >= 11 is 0. The Bertz CT molecular complexity index is 1790. The summed E-state index contributed by atoms with van der Waals surface area (Å²) in [5, 5.41) is 7.88. The fourth-order valence-electron chi connectivity index (χ4n) is 4.68. The zero-order valence-corrected chi connectivity index (χ0v) is 22.0. The second kappa shape index (κ2) is 10.3. The number of hydrogen-bond acceptors (Lipinski definition) is 4. The van der Waals surface area contributed by atoms with E-state index in [9.17, 15) is 9.59 Å². The zero-order valence-electron chi connectivity index (χ0n) is 22.0. The first-order valence-electron chi connectivity index (χ1n) is 12.8. The summed E-state index contributed by atoms with van der Waals surface area (Å²) in [5.74, 6) is -0.666. The minimum absolute atomic E-state index is 0.247. The highest BCUT2D eigenvalue weighted by molar-refractivity contribution is 6.05. The Balaban J connectivity index is 1.20. The largest absolute Gasteiger partial charge is 0.321 e. The Morgan fingerprint density at radius 1 is 0.575 bits per heavy atom. The van der Waals surface area contributed by atoms with E-state index in [1.165, 1.54) is 0 Å². The summed E-state index contributed by atoms with van der Waals surface area (Å²) in [6, 6.07) is 29.8. The van der Waals surface area contributed by atoms with Gasteiger partial charge in [0.05, 0.1) is 11.4 Å². The van der Waals surface area contributed by atoms with E-state index in [1.807, 2.05) is 96.3 Å². The van der Waals surface area contributed by atoms with Gasteiger partial charge in [-0.25, -0.2) is 19.1 Å². The first-order valence-corrected chi connectivity index (χ1v) is 12.8. The smallest absolute Gasteiger partial charge is 0.274 e. The van der Waals surface area contributed by atoms with Crippen molar-refractivity contribution in [1.82, 2.24) is 9.97 Å². The van der Waals surface area contributed by atoms with Crippen molar-refractivity contribution in [2.45, 2.75) is 0 Å². The van der Waals surface area contributed by atoms with Gasteiger partial charge in [-0.15, -0.1) is 0 Å². The Morgan fingerprint density at radius 2 is 1.02 bits per heavy atom. The number of amides is 2. The lowest BCUT2D eigenvalue weighted by Gasteiger charge is -2.09.